The maximum atomic E-state index is 5.60. The van der Waals surface area contributed by atoms with Gasteiger partial charge in [0.1, 0.15) is 5.01 Å². The van der Waals surface area contributed by atoms with Gasteiger partial charge in [0.05, 0.1) is 5.69 Å². The third-order valence-corrected chi connectivity index (χ3v) is 4.03. The first-order valence-electron chi connectivity index (χ1n) is 5.86. The van der Waals surface area contributed by atoms with Gasteiger partial charge in [-0.25, -0.2) is 4.98 Å². The summed E-state index contributed by atoms with van der Waals surface area (Å²) in [6, 6.07) is 2.04. The van der Waals surface area contributed by atoms with E-state index in [1.807, 2.05) is 18.5 Å². The molecule has 2 aromatic rings. The number of thiazole rings is 1. The molecule has 2 heterocycles. The van der Waals surface area contributed by atoms with Crippen molar-refractivity contribution in [3.8, 4) is 10.6 Å². The van der Waals surface area contributed by atoms with Gasteiger partial charge in [-0.05, 0) is 37.9 Å². The fourth-order valence-corrected chi connectivity index (χ4v) is 2.96. The molecule has 0 aliphatic rings. The summed E-state index contributed by atoms with van der Waals surface area (Å²) in [4.78, 5) is 10.1. The number of nitrogens with two attached hydrogens (primary N) is 1. The van der Waals surface area contributed by atoms with Crippen molar-refractivity contribution in [3.05, 3.63) is 34.6 Å². The van der Waals surface area contributed by atoms with E-state index in [2.05, 4.69) is 23.8 Å². The Bertz CT molecular complexity index is 505. The number of aryl methyl sites for hydroxylation is 2. The molecule has 0 amide bonds. The summed E-state index contributed by atoms with van der Waals surface area (Å²) in [5, 5.41) is 1.09. The van der Waals surface area contributed by atoms with Gasteiger partial charge in [-0.3, -0.25) is 4.98 Å². The summed E-state index contributed by atoms with van der Waals surface area (Å²) in [7, 11) is 0. The second-order valence-corrected chi connectivity index (χ2v) is 5.04. The highest BCUT2D eigenvalue weighted by Crippen LogP contribution is 2.30. The first kappa shape index (κ1) is 12.2. The molecule has 0 aliphatic carbocycles. The van der Waals surface area contributed by atoms with Crippen molar-refractivity contribution in [2.24, 2.45) is 5.73 Å². The third kappa shape index (κ3) is 2.53. The van der Waals surface area contributed by atoms with Crippen LogP contribution in [0.1, 0.15) is 23.1 Å². The molecule has 0 unspecified atom stereocenters. The zero-order valence-corrected chi connectivity index (χ0v) is 11.0. The van der Waals surface area contributed by atoms with Crippen LogP contribution in [0.3, 0.4) is 0 Å². The van der Waals surface area contributed by atoms with Crippen LogP contribution in [0, 0.1) is 6.92 Å². The summed E-state index contributed by atoms with van der Waals surface area (Å²) >= 11 is 1.75. The molecule has 0 aliphatic heterocycles. The molecule has 0 spiro atoms. The summed E-state index contributed by atoms with van der Waals surface area (Å²) in [5.41, 5.74) is 9.17. The normalized spacial score (nSPS) is 10.8. The van der Waals surface area contributed by atoms with E-state index < -0.39 is 0 Å². The molecule has 0 aromatic carbocycles. The van der Waals surface area contributed by atoms with Crippen LogP contribution in [-0.2, 0) is 12.8 Å². The Morgan fingerprint density at radius 3 is 2.94 bits per heavy atom. The lowest BCUT2D eigenvalue weighted by molar-refractivity contribution is 0.970. The van der Waals surface area contributed by atoms with Gasteiger partial charge in [-0.1, -0.05) is 6.92 Å². The van der Waals surface area contributed by atoms with Crippen LogP contribution in [0.5, 0.6) is 0 Å². The van der Waals surface area contributed by atoms with Crippen LogP contribution in [0.25, 0.3) is 10.6 Å². The Hall–Kier alpha value is -1.26. The number of aromatic nitrogens is 2. The quantitative estimate of drug-likeness (QED) is 0.903. The van der Waals surface area contributed by atoms with Gasteiger partial charge < -0.3 is 5.73 Å². The van der Waals surface area contributed by atoms with Crippen LogP contribution in [0.4, 0.5) is 0 Å². The molecule has 0 atom stereocenters. The fraction of sp³-hybridized carbons (Fsp3) is 0.385. The van der Waals surface area contributed by atoms with Crippen molar-refractivity contribution < 1.29 is 0 Å². The van der Waals surface area contributed by atoms with E-state index in [0.29, 0.717) is 6.54 Å². The first-order chi connectivity index (χ1) is 8.26. The predicted octanol–water partition coefficient (Wildman–Crippen LogP) is 2.58. The number of pyridine rings is 1. The first-order valence-corrected chi connectivity index (χ1v) is 6.67. The number of rotatable bonds is 4. The van der Waals surface area contributed by atoms with Crippen LogP contribution in [0.15, 0.2) is 18.5 Å². The second-order valence-electron chi connectivity index (χ2n) is 3.95. The van der Waals surface area contributed by atoms with Gasteiger partial charge in [0.15, 0.2) is 0 Å². The molecule has 0 fully saturated rings. The lowest BCUT2D eigenvalue weighted by Crippen LogP contribution is -2.01. The molecule has 17 heavy (non-hydrogen) atoms. The molecule has 2 rings (SSSR count). The van der Waals surface area contributed by atoms with Gasteiger partial charge in [-0.15, -0.1) is 11.3 Å². The third-order valence-electron chi connectivity index (χ3n) is 2.78. The Morgan fingerprint density at radius 1 is 1.41 bits per heavy atom. The maximum absolute atomic E-state index is 5.60. The highest BCUT2D eigenvalue weighted by molar-refractivity contribution is 7.15. The van der Waals surface area contributed by atoms with Crippen molar-refractivity contribution in [2.45, 2.75) is 26.7 Å². The molecule has 2 aromatic heterocycles. The molecule has 2 N–H and O–H groups in total. The Morgan fingerprint density at radius 2 is 2.24 bits per heavy atom. The van der Waals surface area contributed by atoms with Gasteiger partial charge in [0.2, 0.25) is 0 Å². The average Bonchev–Trinajstić information content (AvgIpc) is 2.71. The lowest BCUT2D eigenvalue weighted by Gasteiger charge is -2.02. The van der Waals surface area contributed by atoms with Crippen molar-refractivity contribution in [3.63, 3.8) is 0 Å². The van der Waals surface area contributed by atoms with Gasteiger partial charge in [0.25, 0.3) is 0 Å². The largest absolute Gasteiger partial charge is 0.330 e. The Balaban J connectivity index is 2.42. The summed E-state index contributed by atoms with van der Waals surface area (Å²) in [5.74, 6) is 0. The van der Waals surface area contributed by atoms with Crippen molar-refractivity contribution in [1.29, 1.82) is 0 Å². The Kier molecular flexibility index (Phi) is 3.86. The summed E-state index contributed by atoms with van der Waals surface area (Å²) < 4.78 is 0. The summed E-state index contributed by atoms with van der Waals surface area (Å²) in [6.07, 6.45) is 5.65. The van der Waals surface area contributed by atoms with Gasteiger partial charge >= 0.3 is 0 Å². The maximum Gasteiger partial charge on any atom is 0.124 e. The molecule has 0 radical (unpaired) electrons. The molecule has 0 saturated carbocycles. The van der Waals surface area contributed by atoms with Crippen molar-refractivity contribution >= 4 is 11.3 Å². The van der Waals surface area contributed by atoms with Crippen LogP contribution >= 0.6 is 11.3 Å². The van der Waals surface area contributed by atoms with Crippen molar-refractivity contribution in [1.82, 2.24) is 9.97 Å². The van der Waals surface area contributed by atoms with Crippen LogP contribution in [0.2, 0.25) is 0 Å². The molecule has 4 heteroatoms. The van der Waals surface area contributed by atoms with E-state index >= 15 is 0 Å². The molecule has 0 saturated heterocycles. The second kappa shape index (κ2) is 5.38. The minimum absolute atomic E-state index is 0.680. The number of hydrogen-bond acceptors (Lipinski definition) is 4. The zero-order valence-electron chi connectivity index (χ0n) is 10.2. The lowest BCUT2D eigenvalue weighted by atomic mass is 10.1. The molecule has 90 valence electrons. The van der Waals surface area contributed by atoms with Gasteiger partial charge in [-0.2, -0.15) is 0 Å². The smallest absolute Gasteiger partial charge is 0.124 e. The van der Waals surface area contributed by atoms with E-state index in [4.69, 9.17) is 5.73 Å². The molecule has 0 bridgehead atoms. The zero-order chi connectivity index (χ0) is 12.3. The minimum atomic E-state index is 0.680. The van der Waals surface area contributed by atoms with E-state index in [1.165, 1.54) is 16.0 Å². The highest BCUT2D eigenvalue weighted by atomic mass is 32.1. The molecular formula is C13H17N3S. The number of nitrogens with zero attached hydrogens (tertiary/aromatic N) is 2. The van der Waals surface area contributed by atoms with Gasteiger partial charge in [0, 0.05) is 22.8 Å². The fourth-order valence-electron chi connectivity index (χ4n) is 1.82. The van der Waals surface area contributed by atoms with E-state index in [1.54, 1.807) is 11.3 Å². The monoisotopic (exact) mass is 247 g/mol. The minimum Gasteiger partial charge on any atom is -0.330 e. The average molecular weight is 247 g/mol. The Labute approximate surface area is 106 Å². The standard InChI is InChI=1S/C13H17N3S/c1-3-10-8-15-7-5-11(10)13-16-9(2)12(17-13)4-6-14/h5,7-8H,3-4,6,14H2,1-2H3. The van der Waals surface area contributed by atoms with Crippen molar-refractivity contribution in [2.75, 3.05) is 6.54 Å². The predicted molar refractivity (Wildman–Crippen MR) is 72.2 cm³/mol. The van der Waals surface area contributed by atoms with E-state index in [0.717, 1.165) is 23.5 Å². The van der Waals surface area contributed by atoms with E-state index in [9.17, 15) is 0 Å². The highest BCUT2D eigenvalue weighted by Gasteiger charge is 2.11. The van der Waals surface area contributed by atoms with Crippen LogP contribution in [-0.4, -0.2) is 16.5 Å². The topological polar surface area (TPSA) is 51.8 Å². The molecular weight excluding hydrogens is 230 g/mol. The van der Waals surface area contributed by atoms with E-state index in [-0.39, 0.29) is 0 Å². The molecule has 3 nitrogen and oxygen atoms in total. The SMILES string of the molecule is CCc1cnccc1-c1nc(C)c(CCN)s1. The summed E-state index contributed by atoms with van der Waals surface area (Å²) in [6.45, 7) is 4.87. The van der Waals surface area contributed by atoms with Crippen LogP contribution < -0.4 is 5.73 Å². The number of hydrogen-bond donors (Lipinski definition) is 1.